The SMILES string of the molecule is CCCCOc1ccc(C(=S)SCC(=O)O)cc1. The van der Waals surface area contributed by atoms with Gasteiger partial charge in [-0.25, -0.2) is 0 Å². The number of aliphatic carboxylic acids is 1. The van der Waals surface area contributed by atoms with Gasteiger partial charge >= 0.3 is 5.97 Å². The Balaban J connectivity index is 2.48. The third-order valence-corrected chi connectivity index (χ3v) is 3.66. The van der Waals surface area contributed by atoms with Crippen LogP contribution >= 0.6 is 24.0 Å². The normalized spacial score (nSPS) is 10.1. The van der Waals surface area contributed by atoms with Gasteiger partial charge in [0.25, 0.3) is 0 Å². The molecule has 1 N–H and O–H groups in total. The van der Waals surface area contributed by atoms with Crippen LogP contribution in [0.1, 0.15) is 25.3 Å². The van der Waals surface area contributed by atoms with E-state index in [1.54, 1.807) is 0 Å². The maximum absolute atomic E-state index is 10.4. The summed E-state index contributed by atoms with van der Waals surface area (Å²) >= 11 is 6.30. The molecule has 98 valence electrons. The number of rotatable bonds is 7. The molecule has 0 saturated carbocycles. The van der Waals surface area contributed by atoms with E-state index in [4.69, 9.17) is 22.1 Å². The fourth-order valence-electron chi connectivity index (χ4n) is 1.23. The molecule has 0 radical (unpaired) electrons. The van der Waals surface area contributed by atoms with Crippen molar-refractivity contribution in [3.05, 3.63) is 29.8 Å². The van der Waals surface area contributed by atoms with Gasteiger partial charge in [-0.3, -0.25) is 4.79 Å². The topological polar surface area (TPSA) is 46.5 Å². The van der Waals surface area contributed by atoms with E-state index >= 15 is 0 Å². The van der Waals surface area contributed by atoms with Crippen LogP contribution in [0.3, 0.4) is 0 Å². The van der Waals surface area contributed by atoms with Gasteiger partial charge in [-0.2, -0.15) is 0 Å². The number of carboxylic acid groups (broad SMARTS) is 1. The number of unbranched alkanes of at least 4 members (excludes halogenated alkanes) is 1. The van der Waals surface area contributed by atoms with E-state index in [9.17, 15) is 4.79 Å². The maximum Gasteiger partial charge on any atom is 0.313 e. The number of thiocarbonyl (C=S) groups is 1. The van der Waals surface area contributed by atoms with Crippen LogP contribution < -0.4 is 4.74 Å². The van der Waals surface area contributed by atoms with Crippen LogP contribution in [-0.2, 0) is 4.79 Å². The standard InChI is InChI=1S/C13H16O3S2/c1-2-3-8-16-11-6-4-10(5-7-11)13(17)18-9-12(14)15/h4-7H,2-3,8-9H2,1H3,(H,14,15). The second kappa shape index (κ2) is 8.11. The fourth-order valence-corrected chi connectivity index (χ4v) is 2.10. The highest BCUT2D eigenvalue weighted by Crippen LogP contribution is 2.18. The van der Waals surface area contributed by atoms with Crippen molar-refractivity contribution in [3.8, 4) is 5.75 Å². The van der Waals surface area contributed by atoms with Gasteiger partial charge in [0, 0.05) is 0 Å². The second-order valence-corrected chi connectivity index (χ2v) is 5.35. The van der Waals surface area contributed by atoms with Crippen LogP contribution in [0.15, 0.2) is 24.3 Å². The molecule has 0 spiro atoms. The predicted octanol–water partition coefficient (Wildman–Crippen LogP) is 3.36. The minimum absolute atomic E-state index is 0.00636. The first kappa shape index (κ1) is 15.0. The summed E-state index contributed by atoms with van der Waals surface area (Å²) in [6, 6.07) is 7.44. The van der Waals surface area contributed by atoms with Crippen LogP contribution in [-0.4, -0.2) is 27.6 Å². The first-order valence-electron chi connectivity index (χ1n) is 5.75. The Kier molecular flexibility index (Phi) is 6.75. The van der Waals surface area contributed by atoms with Gasteiger partial charge in [0.1, 0.15) is 5.75 Å². The van der Waals surface area contributed by atoms with Crippen LogP contribution in [0.25, 0.3) is 0 Å². The van der Waals surface area contributed by atoms with Crippen molar-refractivity contribution in [3.63, 3.8) is 0 Å². The van der Waals surface area contributed by atoms with Gasteiger partial charge in [-0.1, -0.05) is 25.6 Å². The molecule has 0 atom stereocenters. The van der Waals surface area contributed by atoms with Crippen LogP contribution in [0.2, 0.25) is 0 Å². The molecule has 18 heavy (non-hydrogen) atoms. The third kappa shape index (κ3) is 5.51. The molecule has 0 unspecified atom stereocenters. The lowest BCUT2D eigenvalue weighted by Gasteiger charge is -2.06. The van der Waals surface area contributed by atoms with E-state index in [1.165, 1.54) is 0 Å². The lowest BCUT2D eigenvalue weighted by Crippen LogP contribution is -2.02. The van der Waals surface area contributed by atoms with Gasteiger partial charge < -0.3 is 9.84 Å². The summed E-state index contributed by atoms with van der Waals surface area (Å²) in [6.45, 7) is 2.83. The van der Waals surface area contributed by atoms with Crippen molar-refractivity contribution in [2.45, 2.75) is 19.8 Å². The van der Waals surface area contributed by atoms with E-state index < -0.39 is 5.97 Å². The quantitative estimate of drug-likeness (QED) is 0.614. The van der Waals surface area contributed by atoms with Crippen molar-refractivity contribution >= 4 is 34.1 Å². The summed E-state index contributed by atoms with van der Waals surface area (Å²) in [4.78, 5) is 10.4. The highest BCUT2D eigenvalue weighted by atomic mass is 32.2. The average Bonchev–Trinajstić information content (AvgIpc) is 2.37. The third-order valence-electron chi connectivity index (χ3n) is 2.18. The van der Waals surface area contributed by atoms with E-state index in [-0.39, 0.29) is 5.75 Å². The minimum atomic E-state index is -0.859. The Morgan fingerprint density at radius 3 is 2.61 bits per heavy atom. The van der Waals surface area contributed by atoms with Crippen molar-refractivity contribution in [1.82, 2.24) is 0 Å². The average molecular weight is 284 g/mol. The molecule has 1 aromatic carbocycles. The first-order chi connectivity index (χ1) is 8.63. The lowest BCUT2D eigenvalue weighted by molar-refractivity contribution is -0.133. The highest BCUT2D eigenvalue weighted by Gasteiger charge is 2.05. The molecule has 0 heterocycles. The van der Waals surface area contributed by atoms with Crippen LogP contribution in [0.5, 0.6) is 5.75 Å². The number of thioether (sulfide) groups is 1. The summed E-state index contributed by atoms with van der Waals surface area (Å²) < 4.78 is 6.13. The number of carbonyl (C=O) groups is 1. The molecule has 5 heteroatoms. The summed E-state index contributed by atoms with van der Waals surface area (Å²) in [5.41, 5.74) is 0.860. The number of hydrogen-bond acceptors (Lipinski definition) is 4. The fraction of sp³-hybridized carbons (Fsp3) is 0.385. The minimum Gasteiger partial charge on any atom is -0.494 e. The number of ether oxygens (including phenoxy) is 1. The molecule has 3 nitrogen and oxygen atoms in total. The van der Waals surface area contributed by atoms with Gasteiger partial charge in [0.05, 0.1) is 16.6 Å². The Bertz CT molecular complexity index is 401. The molecule has 1 aromatic rings. The van der Waals surface area contributed by atoms with E-state index in [0.29, 0.717) is 10.8 Å². The zero-order chi connectivity index (χ0) is 13.4. The smallest absolute Gasteiger partial charge is 0.313 e. The van der Waals surface area contributed by atoms with Gasteiger partial charge in [0.2, 0.25) is 0 Å². The van der Waals surface area contributed by atoms with Gasteiger partial charge in [0.15, 0.2) is 0 Å². The molecule has 0 amide bonds. The first-order valence-corrected chi connectivity index (χ1v) is 7.14. The molecule has 0 saturated heterocycles. The zero-order valence-corrected chi connectivity index (χ0v) is 11.9. The Labute approximate surface area is 117 Å². The van der Waals surface area contributed by atoms with Gasteiger partial charge in [-0.15, -0.1) is 11.8 Å². The Morgan fingerprint density at radius 1 is 1.39 bits per heavy atom. The molecule has 1 rings (SSSR count). The maximum atomic E-state index is 10.4. The van der Waals surface area contributed by atoms with E-state index in [0.717, 1.165) is 35.9 Å². The molecule has 0 bridgehead atoms. The number of benzene rings is 1. The Morgan fingerprint density at radius 2 is 2.06 bits per heavy atom. The van der Waals surface area contributed by atoms with E-state index in [2.05, 4.69) is 6.92 Å². The number of hydrogen-bond donors (Lipinski definition) is 1. The van der Waals surface area contributed by atoms with E-state index in [1.807, 2.05) is 24.3 Å². The van der Waals surface area contributed by atoms with Gasteiger partial charge in [-0.05, 0) is 36.2 Å². The zero-order valence-electron chi connectivity index (χ0n) is 10.2. The molecular weight excluding hydrogens is 268 g/mol. The summed E-state index contributed by atoms with van der Waals surface area (Å²) in [6.07, 6.45) is 2.14. The lowest BCUT2D eigenvalue weighted by atomic mass is 10.2. The summed E-state index contributed by atoms with van der Waals surface area (Å²) in [5.74, 6) is -0.0479. The summed E-state index contributed by atoms with van der Waals surface area (Å²) in [5, 5.41) is 8.57. The molecule has 0 aliphatic heterocycles. The van der Waals surface area contributed by atoms with Crippen molar-refractivity contribution < 1.29 is 14.6 Å². The Hall–Kier alpha value is -1.07. The molecule has 0 aromatic heterocycles. The second-order valence-electron chi connectivity index (χ2n) is 3.70. The highest BCUT2D eigenvalue weighted by molar-refractivity contribution is 8.24. The monoisotopic (exact) mass is 284 g/mol. The molecule has 0 fully saturated rings. The predicted molar refractivity (Wildman–Crippen MR) is 78.6 cm³/mol. The molecule has 0 aliphatic carbocycles. The van der Waals surface area contributed by atoms with Crippen LogP contribution in [0.4, 0.5) is 0 Å². The van der Waals surface area contributed by atoms with Crippen LogP contribution in [0, 0.1) is 0 Å². The number of carboxylic acids is 1. The van der Waals surface area contributed by atoms with Crippen molar-refractivity contribution in [1.29, 1.82) is 0 Å². The molecule has 0 aliphatic rings. The van der Waals surface area contributed by atoms with Crippen molar-refractivity contribution in [2.24, 2.45) is 0 Å². The van der Waals surface area contributed by atoms with Crippen molar-refractivity contribution in [2.75, 3.05) is 12.4 Å². The molecular formula is C13H16O3S2. The summed E-state index contributed by atoms with van der Waals surface area (Å²) in [7, 11) is 0. The largest absolute Gasteiger partial charge is 0.494 e.